The molecule has 4 nitrogen and oxygen atoms in total. The molecule has 0 heterocycles. The summed E-state index contributed by atoms with van der Waals surface area (Å²) in [5.41, 5.74) is 0.539. The molecule has 1 N–H and O–H groups in total. The van der Waals surface area contributed by atoms with Gasteiger partial charge in [0.2, 0.25) is 11.8 Å². The number of benzene rings is 2. The van der Waals surface area contributed by atoms with Gasteiger partial charge in [-0.1, -0.05) is 36.4 Å². The number of para-hydroxylation sites is 1. The Balaban J connectivity index is 2.00. The highest BCUT2D eigenvalue weighted by Gasteiger charge is 2.33. The van der Waals surface area contributed by atoms with Crippen LogP contribution in [0.1, 0.15) is 16.7 Å². The molecule has 0 saturated carbocycles. The lowest BCUT2D eigenvalue weighted by molar-refractivity contribution is -0.137. The maximum Gasteiger partial charge on any atom is 0.418 e. The molecule has 0 radical (unpaired) electrons. The predicted molar refractivity (Wildman–Crippen MR) is 92.6 cm³/mol. The molecule has 0 aromatic heterocycles. The number of hydrogen-bond acceptors (Lipinski definition) is 2. The van der Waals surface area contributed by atoms with Gasteiger partial charge in [0.1, 0.15) is 0 Å². The van der Waals surface area contributed by atoms with Crippen LogP contribution in [0.3, 0.4) is 0 Å². The second-order valence-electron chi connectivity index (χ2n) is 5.94. The third-order valence-corrected chi connectivity index (χ3v) is 3.92. The average Bonchev–Trinajstić information content (AvgIpc) is 2.56. The first-order valence-corrected chi connectivity index (χ1v) is 7.93. The molecule has 0 spiro atoms. The molecule has 26 heavy (non-hydrogen) atoms. The van der Waals surface area contributed by atoms with E-state index in [4.69, 9.17) is 0 Å². The summed E-state index contributed by atoms with van der Waals surface area (Å²) >= 11 is 0. The molecule has 2 aromatic carbocycles. The normalized spacial score (nSPS) is 11.1. The average molecular weight is 364 g/mol. The minimum Gasteiger partial charge on any atom is -0.336 e. The lowest BCUT2D eigenvalue weighted by atomic mass is 10.1. The van der Waals surface area contributed by atoms with E-state index in [0.29, 0.717) is 0 Å². The number of nitrogens with zero attached hydrogens (tertiary/aromatic N) is 1. The van der Waals surface area contributed by atoms with E-state index in [2.05, 4.69) is 5.32 Å². The molecule has 0 unspecified atom stereocenters. The zero-order valence-corrected chi connectivity index (χ0v) is 14.4. The number of amides is 2. The van der Waals surface area contributed by atoms with Crippen LogP contribution in [0.4, 0.5) is 18.9 Å². The molecule has 0 aliphatic rings. The Morgan fingerprint density at radius 3 is 2.31 bits per heavy atom. The highest BCUT2D eigenvalue weighted by atomic mass is 19.4. The Kier molecular flexibility index (Phi) is 6.02. The summed E-state index contributed by atoms with van der Waals surface area (Å²) in [7, 11) is 1.44. The van der Waals surface area contributed by atoms with Gasteiger partial charge < -0.3 is 10.2 Å². The Hall–Kier alpha value is -2.83. The first-order chi connectivity index (χ1) is 12.2. The standard InChI is InChI=1S/C19H19F3N2O2/c1-13-7-3-4-8-14(13)11-18(26)24(2)12-17(25)23-16-10-6-5-9-15(16)19(20,21)22/h3-10H,11-12H2,1-2H3,(H,23,25). The van der Waals surface area contributed by atoms with Crippen molar-refractivity contribution in [2.75, 3.05) is 18.9 Å². The summed E-state index contributed by atoms with van der Waals surface area (Å²) in [4.78, 5) is 25.5. The van der Waals surface area contributed by atoms with Gasteiger partial charge in [-0.15, -0.1) is 0 Å². The van der Waals surface area contributed by atoms with E-state index >= 15 is 0 Å². The molecule has 0 aliphatic heterocycles. The van der Waals surface area contributed by atoms with Crippen molar-refractivity contribution in [1.29, 1.82) is 0 Å². The minimum atomic E-state index is -4.57. The number of anilines is 1. The van der Waals surface area contributed by atoms with Crippen LogP contribution < -0.4 is 5.32 Å². The molecule has 7 heteroatoms. The summed E-state index contributed by atoms with van der Waals surface area (Å²) in [6.07, 6.45) is -4.45. The topological polar surface area (TPSA) is 49.4 Å². The van der Waals surface area contributed by atoms with E-state index in [1.54, 1.807) is 0 Å². The number of carbonyl (C=O) groups is 2. The number of aryl methyl sites for hydroxylation is 1. The molecule has 0 atom stereocenters. The fraction of sp³-hybridized carbons (Fsp3) is 0.263. The van der Waals surface area contributed by atoms with Gasteiger partial charge in [0.15, 0.2) is 0 Å². The Labute approximate surface area is 149 Å². The molecule has 2 rings (SSSR count). The third-order valence-electron chi connectivity index (χ3n) is 3.92. The van der Waals surface area contributed by atoms with Crippen molar-refractivity contribution in [3.63, 3.8) is 0 Å². The molecular formula is C19H19F3N2O2. The lowest BCUT2D eigenvalue weighted by Gasteiger charge is -2.19. The van der Waals surface area contributed by atoms with Crippen LogP contribution >= 0.6 is 0 Å². The molecule has 0 saturated heterocycles. The number of halogens is 3. The molecule has 138 valence electrons. The molecule has 0 aliphatic carbocycles. The van der Waals surface area contributed by atoms with Crippen LogP contribution in [-0.2, 0) is 22.2 Å². The fourth-order valence-electron chi connectivity index (χ4n) is 2.44. The second kappa shape index (κ2) is 8.03. The van der Waals surface area contributed by atoms with Crippen molar-refractivity contribution in [2.24, 2.45) is 0 Å². The number of nitrogens with one attached hydrogen (secondary N) is 1. The van der Waals surface area contributed by atoms with E-state index in [0.717, 1.165) is 17.2 Å². The van der Waals surface area contributed by atoms with Gasteiger partial charge in [-0.2, -0.15) is 13.2 Å². The largest absolute Gasteiger partial charge is 0.418 e. The fourth-order valence-corrected chi connectivity index (χ4v) is 2.44. The van der Waals surface area contributed by atoms with Crippen LogP contribution in [-0.4, -0.2) is 30.3 Å². The first-order valence-electron chi connectivity index (χ1n) is 7.93. The van der Waals surface area contributed by atoms with Crippen LogP contribution in [0.15, 0.2) is 48.5 Å². The van der Waals surface area contributed by atoms with E-state index in [9.17, 15) is 22.8 Å². The highest BCUT2D eigenvalue weighted by Crippen LogP contribution is 2.34. The summed E-state index contributed by atoms with van der Waals surface area (Å²) in [6, 6.07) is 12.1. The number of alkyl halides is 3. The number of rotatable bonds is 5. The van der Waals surface area contributed by atoms with Gasteiger partial charge in [-0.05, 0) is 30.2 Å². The Morgan fingerprint density at radius 2 is 1.65 bits per heavy atom. The van der Waals surface area contributed by atoms with Crippen LogP contribution in [0.25, 0.3) is 0 Å². The van der Waals surface area contributed by atoms with Crippen molar-refractivity contribution in [2.45, 2.75) is 19.5 Å². The van der Waals surface area contributed by atoms with Gasteiger partial charge in [0.05, 0.1) is 24.2 Å². The summed E-state index contributed by atoms with van der Waals surface area (Å²) in [5, 5.41) is 2.23. The molecule has 0 bridgehead atoms. The van der Waals surface area contributed by atoms with E-state index in [1.807, 2.05) is 31.2 Å². The van der Waals surface area contributed by atoms with E-state index in [1.165, 1.54) is 30.1 Å². The first kappa shape index (κ1) is 19.5. The Bertz CT molecular complexity index is 803. The molecular weight excluding hydrogens is 345 g/mol. The molecule has 0 fully saturated rings. The van der Waals surface area contributed by atoms with Gasteiger partial charge >= 0.3 is 6.18 Å². The van der Waals surface area contributed by atoms with Gasteiger partial charge in [0.25, 0.3) is 0 Å². The summed E-state index contributed by atoms with van der Waals surface area (Å²) in [5.74, 6) is -0.985. The van der Waals surface area contributed by atoms with Crippen LogP contribution in [0.2, 0.25) is 0 Å². The van der Waals surface area contributed by atoms with Crippen molar-refractivity contribution in [3.05, 3.63) is 65.2 Å². The predicted octanol–water partition coefficient (Wildman–Crippen LogP) is 3.65. The SMILES string of the molecule is Cc1ccccc1CC(=O)N(C)CC(=O)Nc1ccccc1C(F)(F)F. The van der Waals surface area contributed by atoms with Crippen molar-refractivity contribution in [3.8, 4) is 0 Å². The van der Waals surface area contributed by atoms with Crippen LogP contribution in [0, 0.1) is 6.92 Å². The summed E-state index contributed by atoms with van der Waals surface area (Å²) < 4.78 is 38.9. The smallest absolute Gasteiger partial charge is 0.336 e. The number of carbonyl (C=O) groups excluding carboxylic acids is 2. The zero-order chi connectivity index (χ0) is 19.3. The van der Waals surface area contributed by atoms with Gasteiger partial charge in [-0.3, -0.25) is 9.59 Å². The molecule has 2 aromatic rings. The van der Waals surface area contributed by atoms with Crippen molar-refractivity contribution >= 4 is 17.5 Å². The van der Waals surface area contributed by atoms with E-state index in [-0.39, 0.29) is 24.6 Å². The molecule has 2 amide bonds. The highest BCUT2D eigenvalue weighted by molar-refractivity contribution is 5.95. The quantitative estimate of drug-likeness (QED) is 0.880. The number of hydrogen-bond donors (Lipinski definition) is 1. The zero-order valence-electron chi connectivity index (χ0n) is 14.4. The van der Waals surface area contributed by atoms with Crippen molar-refractivity contribution < 1.29 is 22.8 Å². The monoisotopic (exact) mass is 364 g/mol. The van der Waals surface area contributed by atoms with E-state index < -0.39 is 17.6 Å². The van der Waals surface area contributed by atoms with Gasteiger partial charge in [-0.25, -0.2) is 0 Å². The van der Waals surface area contributed by atoms with Crippen LogP contribution in [0.5, 0.6) is 0 Å². The van der Waals surface area contributed by atoms with Crippen molar-refractivity contribution in [1.82, 2.24) is 4.90 Å². The number of likely N-dealkylation sites (N-methyl/N-ethyl adjacent to an activating group) is 1. The second-order valence-corrected chi connectivity index (χ2v) is 5.94. The lowest BCUT2D eigenvalue weighted by Crippen LogP contribution is -2.36. The van der Waals surface area contributed by atoms with Gasteiger partial charge in [0, 0.05) is 7.05 Å². The summed E-state index contributed by atoms with van der Waals surface area (Å²) in [6.45, 7) is 1.54. The minimum absolute atomic E-state index is 0.121. The maximum atomic E-state index is 13.0. The third kappa shape index (κ3) is 5.08. The Morgan fingerprint density at radius 1 is 1.04 bits per heavy atom. The maximum absolute atomic E-state index is 13.0.